The minimum atomic E-state index is 0.0831. The van der Waals surface area contributed by atoms with Crippen LogP contribution >= 0.6 is 11.3 Å². The Labute approximate surface area is 107 Å². The molecule has 0 aliphatic rings. The second-order valence-electron chi connectivity index (χ2n) is 4.09. The quantitative estimate of drug-likeness (QED) is 0.813. The van der Waals surface area contributed by atoms with E-state index in [0.29, 0.717) is 5.13 Å². The normalized spacial score (nSPS) is 12.4. The highest BCUT2D eigenvalue weighted by molar-refractivity contribution is 7.15. The topological polar surface area (TPSA) is 54.9 Å². The summed E-state index contributed by atoms with van der Waals surface area (Å²) in [5.74, 6) is 0.184. The molecule has 0 radical (unpaired) electrons. The third-order valence-electron chi connectivity index (χ3n) is 2.77. The standard InChI is InChI=1S/C12H21N3OS/c1-4-7-8-9(5-2)11(16)13-12-15-14-10(6-3)17-12/h9H,4-8H2,1-3H3,(H,13,15,16)/t9-/m0/s1. The van der Waals surface area contributed by atoms with E-state index in [1.165, 1.54) is 11.3 Å². The Balaban J connectivity index is 2.51. The smallest absolute Gasteiger partial charge is 0.229 e. The first-order valence-corrected chi connectivity index (χ1v) is 7.16. The summed E-state index contributed by atoms with van der Waals surface area (Å²) in [4.78, 5) is 12.0. The van der Waals surface area contributed by atoms with Crippen molar-refractivity contribution in [2.24, 2.45) is 5.92 Å². The number of hydrogen-bond acceptors (Lipinski definition) is 4. The largest absolute Gasteiger partial charge is 0.300 e. The first-order chi connectivity index (χ1) is 8.21. The lowest BCUT2D eigenvalue weighted by atomic mass is 9.99. The van der Waals surface area contributed by atoms with Crippen molar-refractivity contribution in [1.82, 2.24) is 10.2 Å². The maximum atomic E-state index is 12.0. The van der Waals surface area contributed by atoms with Crippen LogP contribution in [0.1, 0.15) is 51.5 Å². The number of aromatic nitrogens is 2. The summed E-state index contributed by atoms with van der Waals surface area (Å²) in [5.41, 5.74) is 0. The molecule has 96 valence electrons. The van der Waals surface area contributed by atoms with Crippen LogP contribution in [0.2, 0.25) is 0 Å². The third kappa shape index (κ3) is 4.42. The molecule has 0 fully saturated rings. The number of unbranched alkanes of at least 4 members (excludes halogenated alkanes) is 1. The van der Waals surface area contributed by atoms with Crippen LogP contribution in [-0.2, 0) is 11.2 Å². The van der Waals surface area contributed by atoms with Gasteiger partial charge in [-0.3, -0.25) is 4.79 Å². The number of carbonyl (C=O) groups excluding carboxylic acids is 1. The van der Waals surface area contributed by atoms with E-state index in [4.69, 9.17) is 0 Å². The molecular formula is C12H21N3OS. The Kier molecular flexibility index (Phi) is 6.11. The van der Waals surface area contributed by atoms with E-state index < -0.39 is 0 Å². The average Bonchev–Trinajstić information content (AvgIpc) is 2.77. The third-order valence-corrected chi connectivity index (χ3v) is 3.75. The molecule has 1 amide bonds. The fourth-order valence-corrected chi connectivity index (χ4v) is 2.31. The van der Waals surface area contributed by atoms with E-state index in [1.807, 2.05) is 6.92 Å². The number of anilines is 1. The first-order valence-electron chi connectivity index (χ1n) is 6.34. The van der Waals surface area contributed by atoms with Gasteiger partial charge >= 0.3 is 0 Å². The van der Waals surface area contributed by atoms with Gasteiger partial charge in [-0.05, 0) is 19.3 Å². The Morgan fingerprint density at radius 3 is 2.65 bits per heavy atom. The molecule has 0 saturated carbocycles. The molecule has 0 aliphatic carbocycles. The second-order valence-corrected chi connectivity index (χ2v) is 5.15. The summed E-state index contributed by atoms with van der Waals surface area (Å²) in [6, 6.07) is 0. The van der Waals surface area contributed by atoms with Gasteiger partial charge in [-0.25, -0.2) is 0 Å². The highest BCUT2D eigenvalue weighted by Crippen LogP contribution is 2.19. The number of hydrogen-bond donors (Lipinski definition) is 1. The average molecular weight is 255 g/mol. The number of nitrogens with zero attached hydrogens (tertiary/aromatic N) is 2. The minimum Gasteiger partial charge on any atom is -0.300 e. The summed E-state index contributed by atoms with van der Waals surface area (Å²) < 4.78 is 0. The molecule has 5 heteroatoms. The number of rotatable bonds is 7. The molecule has 1 rings (SSSR count). The Morgan fingerprint density at radius 2 is 2.12 bits per heavy atom. The van der Waals surface area contributed by atoms with Gasteiger partial charge in [0.15, 0.2) is 0 Å². The van der Waals surface area contributed by atoms with Crippen LogP contribution in [0.5, 0.6) is 0 Å². The lowest BCUT2D eigenvalue weighted by molar-refractivity contribution is -0.120. The monoisotopic (exact) mass is 255 g/mol. The van der Waals surface area contributed by atoms with Gasteiger partial charge in [0.2, 0.25) is 11.0 Å². The molecule has 0 spiro atoms. The molecule has 0 aliphatic heterocycles. The Hall–Kier alpha value is -0.970. The van der Waals surface area contributed by atoms with Crippen LogP contribution in [0.4, 0.5) is 5.13 Å². The highest BCUT2D eigenvalue weighted by atomic mass is 32.1. The van der Waals surface area contributed by atoms with Gasteiger partial charge in [-0.15, -0.1) is 10.2 Å². The van der Waals surface area contributed by atoms with Crippen LogP contribution in [-0.4, -0.2) is 16.1 Å². The van der Waals surface area contributed by atoms with Crippen LogP contribution < -0.4 is 5.32 Å². The summed E-state index contributed by atoms with van der Waals surface area (Å²) >= 11 is 1.46. The summed E-state index contributed by atoms with van der Waals surface area (Å²) in [7, 11) is 0. The molecule has 1 aromatic rings. The zero-order chi connectivity index (χ0) is 12.7. The van der Waals surface area contributed by atoms with Gasteiger partial charge < -0.3 is 5.32 Å². The number of aryl methyl sites for hydroxylation is 1. The van der Waals surface area contributed by atoms with E-state index in [-0.39, 0.29) is 11.8 Å². The molecule has 0 aromatic carbocycles. The maximum Gasteiger partial charge on any atom is 0.229 e. The van der Waals surface area contributed by atoms with E-state index in [1.54, 1.807) is 0 Å². The van der Waals surface area contributed by atoms with E-state index >= 15 is 0 Å². The van der Waals surface area contributed by atoms with Crippen LogP contribution in [0.25, 0.3) is 0 Å². The van der Waals surface area contributed by atoms with Crippen LogP contribution in [0.3, 0.4) is 0 Å². The predicted molar refractivity (Wildman–Crippen MR) is 71.2 cm³/mol. The van der Waals surface area contributed by atoms with Gasteiger partial charge in [0.05, 0.1) is 0 Å². The predicted octanol–water partition coefficient (Wildman–Crippen LogP) is 3.26. The van der Waals surface area contributed by atoms with Crippen molar-refractivity contribution in [3.8, 4) is 0 Å². The van der Waals surface area contributed by atoms with Crippen molar-refractivity contribution < 1.29 is 4.79 Å². The zero-order valence-electron chi connectivity index (χ0n) is 10.8. The van der Waals surface area contributed by atoms with Crippen molar-refractivity contribution in [3.05, 3.63) is 5.01 Å². The summed E-state index contributed by atoms with van der Waals surface area (Å²) in [6.07, 6.45) is 4.93. The van der Waals surface area contributed by atoms with Gasteiger partial charge in [0.25, 0.3) is 0 Å². The van der Waals surface area contributed by atoms with Gasteiger partial charge in [-0.1, -0.05) is 44.9 Å². The minimum absolute atomic E-state index is 0.0831. The summed E-state index contributed by atoms with van der Waals surface area (Å²) in [6.45, 7) is 6.22. The maximum absolute atomic E-state index is 12.0. The molecule has 17 heavy (non-hydrogen) atoms. The SMILES string of the molecule is CCCC[C@H](CC)C(=O)Nc1nnc(CC)s1. The molecule has 1 aromatic heterocycles. The molecule has 0 bridgehead atoms. The molecule has 0 unspecified atom stereocenters. The second kappa shape index (κ2) is 7.37. The van der Waals surface area contributed by atoms with Crippen molar-refractivity contribution in [2.45, 2.75) is 52.9 Å². The zero-order valence-corrected chi connectivity index (χ0v) is 11.6. The molecule has 1 atom stereocenters. The van der Waals surface area contributed by atoms with Crippen molar-refractivity contribution in [2.75, 3.05) is 5.32 Å². The first kappa shape index (κ1) is 14.1. The number of nitrogens with one attached hydrogen (secondary N) is 1. The van der Waals surface area contributed by atoms with Gasteiger partial charge in [0.1, 0.15) is 5.01 Å². The van der Waals surface area contributed by atoms with E-state index in [9.17, 15) is 4.79 Å². The molecule has 0 saturated heterocycles. The fourth-order valence-electron chi connectivity index (χ4n) is 1.63. The Morgan fingerprint density at radius 1 is 1.35 bits per heavy atom. The van der Waals surface area contributed by atoms with E-state index in [0.717, 1.165) is 37.1 Å². The van der Waals surface area contributed by atoms with Crippen molar-refractivity contribution >= 4 is 22.4 Å². The van der Waals surface area contributed by atoms with Crippen LogP contribution in [0, 0.1) is 5.92 Å². The molecule has 1 N–H and O–H groups in total. The van der Waals surface area contributed by atoms with Gasteiger partial charge in [-0.2, -0.15) is 0 Å². The molecule has 4 nitrogen and oxygen atoms in total. The number of carbonyl (C=O) groups is 1. The highest BCUT2D eigenvalue weighted by Gasteiger charge is 2.17. The van der Waals surface area contributed by atoms with E-state index in [2.05, 4.69) is 29.4 Å². The molecular weight excluding hydrogens is 234 g/mol. The van der Waals surface area contributed by atoms with Crippen molar-refractivity contribution in [3.63, 3.8) is 0 Å². The van der Waals surface area contributed by atoms with Crippen molar-refractivity contribution in [1.29, 1.82) is 0 Å². The lowest BCUT2D eigenvalue weighted by Gasteiger charge is -2.12. The van der Waals surface area contributed by atoms with Crippen LogP contribution in [0.15, 0.2) is 0 Å². The molecule has 1 heterocycles. The Bertz CT molecular complexity index is 351. The fraction of sp³-hybridized carbons (Fsp3) is 0.750. The number of amides is 1. The van der Waals surface area contributed by atoms with Gasteiger partial charge in [0, 0.05) is 5.92 Å². The lowest BCUT2D eigenvalue weighted by Crippen LogP contribution is -2.22. The summed E-state index contributed by atoms with van der Waals surface area (Å²) in [5, 5.41) is 12.4.